The third-order valence-electron chi connectivity index (χ3n) is 7.60. The highest BCUT2D eigenvalue weighted by Crippen LogP contribution is 2.40. The van der Waals surface area contributed by atoms with Gasteiger partial charge in [0.15, 0.2) is 11.6 Å². The molecule has 13 heteroatoms. The highest BCUT2D eigenvalue weighted by Gasteiger charge is 2.28. The van der Waals surface area contributed by atoms with E-state index in [1.54, 1.807) is 6.07 Å². The van der Waals surface area contributed by atoms with Gasteiger partial charge in [0.1, 0.15) is 22.9 Å². The van der Waals surface area contributed by atoms with E-state index in [-0.39, 0.29) is 11.6 Å². The molecule has 1 aliphatic carbocycles. The predicted octanol–water partition coefficient (Wildman–Crippen LogP) is 5.33. The summed E-state index contributed by atoms with van der Waals surface area (Å²) in [5.74, 6) is 1.13. The van der Waals surface area contributed by atoms with Gasteiger partial charge in [-0.05, 0) is 88.3 Å². The monoisotopic (exact) mass is 599 g/mol. The molecule has 4 aromatic rings. The lowest BCUT2D eigenvalue weighted by Crippen LogP contribution is -2.34. The van der Waals surface area contributed by atoms with Crippen molar-refractivity contribution in [2.24, 2.45) is 5.92 Å². The lowest BCUT2D eigenvalue weighted by atomic mass is 9.91. The number of nitrogens with zero attached hydrogens (tertiary/aromatic N) is 6. The number of likely N-dealkylation sites (tertiary alicyclic amines) is 1. The molecule has 0 spiro atoms. The Balaban J connectivity index is 0.000000652. The van der Waals surface area contributed by atoms with Crippen LogP contribution in [0.15, 0.2) is 36.7 Å². The molecule has 2 aliphatic rings. The Bertz CT molecular complexity index is 1660. The number of aryl methyl sites for hydroxylation is 1. The van der Waals surface area contributed by atoms with E-state index >= 15 is 0 Å². The second kappa shape index (κ2) is 12.4. The molecular weight excluding hydrogens is 564 g/mol. The van der Waals surface area contributed by atoms with Gasteiger partial charge in [0.25, 0.3) is 10.1 Å². The maximum atomic E-state index is 15.0. The molecule has 2 fully saturated rings. The molecule has 42 heavy (non-hydrogen) atoms. The highest BCUT2D eigenvalue weighted by atomic mass is 32.2. The Morgan fingerprint density at radius 3 is 2.36 bits per heavy atom. The molecular formula is C29H35F2N7O3S. The van der Waals surface area contributed by atoms with Crippen LogP contribution >= 0.6 is 0 Å². The minimum atomic E-state index is -3.67. The number of fused-ring (bicyclic) bond motifs is 1. The van der Waals surface area contributed by atoms with E-state index in [2.05, 4.69) is 43.1 Å². The van der Waals surface area contributed by atoms with Crippen LogP contribution in [0.2, 0.25) is 0 Å². The van der Waals surface area contributed by atoms with Crippen LogP contribution in [-0.4, -0.2) is 68.3 Å². The topological polar surface area (TPSA) is 126 Å². The van der Waals surface area contributed by atoms with Crippen LogP contribution in [-0.2, 0) is 16.5 Å². The van der Waals surface area contributed by atoms with E-state index in [1.807, 2.05) is 23.8 Å². The first kappa shape index (κ1) is 29.9. The van der Waals surface area contributed by atoms with Gasteiger partial charge >= 0.3 is 0 Å². The number of hydrogen-bond acceptors (Lipinski definition) is 8. The Morgan fingerprint density at radius 1 is 1.02 bits per heavy atom. The fourth-order valence-corrected chi connectivity index (χ4v) is 5.40. The number of aromatic nitrogens is 5. The van der Waals surface area contributed by atoms with Crippen LogP contribution in [0, 0.1) is 24.5 Å². The number of nitrogens with one attached hydrogen (secondary N) is 1. The van der Waals surface area contributed by atoms with E-state index in [1.165, 1.54) is 24.5 Å². The summed E-state index contributed by atoms with van der Waals surface area (Å²) in [4.78, 5) is 19.9. The van der Waals surface area contributed by atoms with Gasteiger partial charge in [0.2, 0.25) is 5.95 Å². The number of benzene rings is 1. The van der Waals surface area contributed by atoms with Crippen LogP contribution in [0.25, 0.3) is 22.3 Å². The van der Waals surface area contributed by atoms with Gasteiger partial charge in [-0.3, -0.25) is 4.55 Å². The fraction of sp³-hybridized carbons (Fsp3) is 0.448. The number of imidazole rings is 1. The number of rotatable bonds is 7. The zero-order chi connectivity index (χ0) is 30.0. The number of pyridine rings is 1. The van der Waals surface area contributed by atoms with Crippen molar-refractivity contribution in [3.63, 3.8) is 0 Å². The van der Waals surface area contributed by atoms with Crippen molar-refractivity contribution in [2.45, 2.75) is 52.0 Å². The summed E-state index contributed by atoms with van der Waals surface area (Å²) in [5.41, 5.74) is 2.57. The summed E-state index contributed by atoms with van der Waals surface area (Å²) in [6.45, 7) is 7.54. The van der Waals surface area contributed by atoms with E-state index in [0.717, 1.165) is 50.9 Å². The Kier molecular flexibility index (Phi) is 8.81. The molecule has 2 N–H and O–H groups in total. The minimum absolute atomic E-state index is 0.0366. The molecule has 10 nitrogen and oxygen atoms in total. The van der Waals surface area contributed by atoms with Gasteiger partial charge < -0.3 is 14.8 Å². The molecule has 3 aromatic heterocycles. The molecule has 0 unspecified atom stereocenters. The number of halogens is 2. The molecule has 1 saturated heterocycles. The van der Waals surface area contributed by atoms with Gasteiger partial charge in [0.05, 0.1) is 18.0 Å². The Morgan fingerprint density at radius 2 is 1.74 bits per heavy atom. The lowest BCUT2D eigenvalue weighted by molar-refractivity contribution is 0.192. The molecule has 0 bridgehead atoms. The maximum Gasteiger partial charge on any atom is 0.261 e. The normalized spacial score (nSPS) is 16.3. The summed E-state index contributed by atoms with van der Waals surface area (Å²) in [7, 11) is -3.67. The Hall–Kier alpha value is -3.55. The predicted molar refractivity (Wildman–Crippen MR) is 157 cm³/mol. The summed E-state index contributed by atoms with van der Waals surface area (Å²) in [5, 5.41) is 3.06. The first-order valence-corrected chi connectivity index (χ1v) is 15.9. The van der Waals surface area contributed by atoms with Crippen LogP contribution < -0.4 is 5.32 Å². The van der Waals surface area contributed by atoms with Crippen LogP contribution in [0.1, 0.15) is 50.0 Å². The first-order valence-electron chi connectivity index (χ1n) is 14.1. The average molecular weight is 600 g/mol. The van der Waals surface area contributed by atoms with Crippen LogP contribution in [0.5, 0.6) is 0 Å². The van der Waals surface area contributed by atoms with Gasteiger partial charge in [-0.15, -0.1) is 0 Å². The zero-order valence-corrected chi connectivity index (χ0v) is 24.7. The first-order chi connectivity index (χ1) is 20.0. The summed E-state index contributed by atoms with van der Waals surface area (Å²) in [6.07, 6.45) is 9.23. The zero-order valence-electron chi connectivity index (χ0n) is 23.9. The van der Waals surface area contributed by atoms with Gasteiger partial charge in [-0.1, -0.05) is 13.0 Å². The number of piperidine rings is 1. The molecule has 0 radical (unpaired) electrons. The van der Waals surface area contributed by atoms with E-state index in [0.29, 0.717) is 40.6 Å². The van der Waals surface area contributed by atoms with Gasteiger partial charge in [0, 0.05) is 17.8 Å². The second-order valence-corrected chi connectivity index (χ2v) is 12.4. The summed E-state index contributed by atoms with van der Waals surface area (Å²) < 4.78 is 57.7. The van der Waals surface area contributed by atoms with Crippen molar-refractivity contribution >= 4 is 32.9 Å². The third kappa shape index (κ3) is 7.44. The largest absolute Gasteiger partial charge is 0.325 e. The van der Waals surface area contributed by atoms with Crippen molar-refractivity contribution < 1.29 is 21.8 Å². The lowest BCUT2D eigenvalue weighted by Gasteiger charge is -2.31. The standard InChI is InChI=1S/C28H31F2N7.CH4O3S/c1-3-36-10-8-18(9-11-36)12-19-4-7-25(31-15-19)34-28-32-16-23(30)26(35-28)20-13-22(29)27-24(14-20)37(17(2)33-27)21-5-6-21;1-5(2,3)4/h4,7,13-16,18,21H,3,5-6,8-12H2,1-2H3,(H,31,32,34,35);1H3,(H,2,3,4). The molecule has 6 rings (SSSR count). The second-order valence-electron chi connectivity index (χ2n) is 11.0. The molecule has 1 saturated carbocycles. The van der Waals surface area contributed by atoms with Crippen molar-refractivity contribution in [3.05, 3.63) is 59.7 Å². The van der Waals surface area contributed by atoms with E-state index in [4.69, 9.17) is 4.55 Å². The summed E-state index contributed by atoms with van der Waals surface area (Å²) in [6, 6.07) is 7.34. The highest BCUT2D eigenvalue weighted by molar-refractivity contribution is 7.85. The minimum Gasteiger partial charge on any atom is -0.325 e. The van der Waals surface area contributed by atoms with Crippen LogP contribution in [0.4, 0.5) is 20.5 Å². The molecule has 0 amide bonds. The van der Waals surface area contributed by atoms with E-state index in [9.17, 15) is 17.2 Å². The SMILES string of the molecule is CCN1CCC(Cc2ccc(Nc3ncc(F)c(-c4cc(F)c5nc(C)n(C6CC6)c5c4)n3)nc2)CC1.CS(=O)(=O)O. The fourth-order valence-electron chi connectivity index (χ4n) is 5.40. The molecule has 1 aliphatic heterocycles. The summed E-state index contributed by atoms with van der Waals surface area (Å²) >= 11 is 0. The van der Waals surface area contributed by atoms with Crippen molar-refractivity contribution in [1.82, 2.24) is 29.4 Å². The molecule has 0 atom stereocenters. The molecule has 224 valence electrons. The van der Waals surface area contributed by atoms with Crippen molar-refractivity contribution in [1.29, 1.82) is 0 Å². The number of hydrogen-bond donors (Lipinski definition) is 2. The van der Waals surface area contributed by atoms with Gasteiger partial charge in [-0.25, -0.2) is 28.7 Å². The van der Waals surface area contributed by atoms with Crippen molar-refractivity contribution in [3.8, 4) is 11.3 Å². The quantitative estimate of drug-likeness (QED) is 0.271. The maximum absolute atomic E-state index is 15.0. The molecule has 4 heterocycles. The van der Waals surface area contributed by atoms with Gasteiger partial charge in [-0.2, -0.15) is 8.42 Å². The number of anilines is 2. The smallest absolute Gasteiger partial charge is 0.261 e. The van der Waals surface area contributed by atoms with Crippen molar-refractivity contribution in [2.75, 3.05) is 31.2 Å². The average Bonchev–Trinajstić information content (AvgIpc) is 3.71. The van der Waals surface area contributed by atoms with Crippen LogP contribution in [0.3, 0.4) is 0 Å². The van der Waals surface area contributed by atoms with E-state index < -0.39 is 21.8 Å². The Labute approximate surface area is 244 Å². The third-order valence-corrected chi connectivity index (χ3v) is 7.60. The molecule has 1 aromatic carbocycles.